The lowest BCUT2D eigenvalue weighted by Crippen LogP contribution is -2.47. The lowest BCUT2D eigenvalue weighted by molar-refractivity contribution is 0.252. The Morgan fingerprint density at radius 3 is 2.44 bits per heavy atom. The first-order valence-electron chi connectivity index (χ1n) is 12.5. The Labute approximate surface area is 211 Å². The number of hydrogen-bond acceptors (Lipinski definition) is 8. The van der Waals surface area contributed by atoms with Gasteiger partial charge in [0.05, 0.1) is 6.54 Å². The monoisotopic (exact) mass is 484 g/mol. The number of hydrogen-bond donors (Lipinski definition) is 1. The molecule has 0 unspecified atom stereocenters. The molecule has 1 aliphatic heterocycles. The minimum Gasteiger partial charge on any atom is -0.489 e. The summed E-state index contributed by atoms with van der Waals surface area (Å²) in [6.07, 6.45) is 4.70. The molecule has 1 saturated heterocycles. The van der Waals surface area contributed by atoms with Gasteiger partial charge in [-0.3, -0.25) is 4.90 Å². The molecule has 0 aliphatic carbocycles. The zero-order chi connectivity index (χ0) is 24.4. The van der Waals surface area contributed by atoms with Crippen molar-refractivity contribution in [3.8, 4) is 17.0 Å². The summed E-state index contributed by atoms with van der Waals surface area (Å²) in [5, 5.41) is 7.71. The molecule has 0 saturated carbocycles. The fraction of sp³-hybridized carbons (Fsp3) is 0.321. The minimum absolute atomic E-state index is 0.554. The number of aromatic nitrogens is 3. The Morgan fingerprint density at radius 2 is 1.67 bits per heavy atom. The number of nitrogens with zero attached hydrogens (tertiary/aromatic N) is 5. The molecule has 36 heavy (non-hydrogen) atoms. The maximum absolute atomic E-state index is 5.87. The first kappa shape index (κ1) is 24.0. The van der Waals surface area contributed by atoms with Gasteiger partial charge >= 0.3 is 0 Å². The van der Waals surface area contributed by atoms with E-state index in [1.807, 2.05) is 54.6 Å². The molecule has 5 rings (SSSR count). The number of piperazine rings is 1. The molecule has 186 valence electrons. The second-order valence-corrected chi connectivity index (χ2v) is 8.88. The van der Waals surface area contributed by atoms with E-state index >= 15 is 0 Å². The van der Waals surface area contributed by atoms with Crippen molar-refractivity contribution in [1.29, 1.82) is 0 Å². The first-order chi connectivity index (χ1) is 17.8. The number of ether oxygens (including phenoxy) is 1. The number of benzene rings is 2. The van der Waals surface area contributed by atoms with Crippen LogP contribution in [-0.4, -0.2) is 59.3 Å². The van der Waals surface area contributed by atoms with Crippen LogP contribution >= 0.6 is 0 Å². The van der Waals surface area contributed by atoms with E-state index in [4.69, 9.17) is 9.26 Å². The topological polar surface area (TPSA) is 79.5 Å². The molecule has 1 aliphatic rings. The van der Waals surface area contributed by atoms with Crippen LogP contribution in [-0.2, 0) is 13.2 Å². The van der Waals surface area contributed by atoms with Gasteiger partial charge in [-0.2, -0.15) is 0 Å². The van der Waals surface area contributed by atoms with Crippen LogP contribution < -0.4 is 15.0 Å². The molecule has 0 spiro atoms. The number of nitrogens with one attached hydrogen (secondary N) is 1. The molecule has 2 aromatic carbocycles. The zero-order valence-corrected chi connectivity index (χ0v) is 20.4. The highest BCUT2D eigenvalue weighted by Gasteiger charge is 2.18. The summed E-state index contributed by atoms with van der Waals surface area (Å²) in [5.74, 6) is 2.51. The third-order valence-electron chi connectivity index (χ3n) is 6.29. The van der Waals surface area contributed by atoms with Gasteiger partial charge in [0.1, 0.15) is 18.1 Å². The van der Waals surface area contributed by atoms with Crippen LogP contribution in [0.3, 0.4) is 0 Å². The molecule has 3 heterocycles. The zero-order valence-electron chi connectivity index (χ0n) is 20.4. The quantitative estimate of drug-likeness (QED) is 0.320. The van der Waals surface area contributed by atoms with Crippen molar-refractivity contribution in [3.05, 3.63) is 90.4 Å². The molecule has 2 aromatic heterocycles. The van der Waals surface area contributed by atoms with Crippen molar-refractivity contribution < 1.29 is 9.26 Å². The Morgan fingerprint density at radius 1 is 0.889 bits per heavy atom. The lowest BCUT2D eigenvalue weighted by atomic mass is 10.1. The number of rotatable bonds is 11. The van der Waals surface area contributed by atoms with Gasteiger partial charge in [0.2, 0.25) is 5.95 Å². The van der Waals surface area contributed by atoms with Crippen LogP contribution in [0.1, 0.15) is 17.7 Å². The number of anilines is 1. The van der Waals surface area contributed by atoms with Gasteiger partial charge in [0.15, 0.2) is 5.76 Å². The molecule has 1 fully saturated rings. The van der Waals surface area contributed by atoms with Crippen molar-refractivity contribution in [3.63, 3.8) is 0 Å². The SMILES string of the molecule is c1ccc(COc2ccc(-c3cc(CNCCCN4CCN(c5ncccn5)CC4)on3)cc2)cc1. The van der Waals surface area contributed by atoms with Crippen LogP contribution in [0.15, 0.2) is 83.6 Å². The van der Waals surface area contributed by atoms with Crippen molar-refractivity contribution >= 4 is 5.95 Å². The van der Waals surface area contributed by atoms with Crippen molar-refractivity contribution in [2.45, 2.75) is 19.6 Å². The van der Waals surface area contributed by atoms with Gasteiger partial charge < -0.3 is 19.5 Å². The van der Waals surface area contributed by atoms with Crippen LogP contribution in [0.5, 0.6) is 5.75 Å². The third kappa shape index (κ3) is 6.68. The van der Waals surface area contributed by atoms with Crippen molar-refractivity contribution in [2.75, 3.05) is 44.2 Å². The van der Waals surface area contributed by atoms with E-state index in [-0.39, 0.29) is 0 Å². The van der Waals surface area contributed by atoms with E-state index in [9.17, 15) is 0 Å². The molecule has 4 aromatic rings. The van der Waals surface area contributed by atoms with Crippen molar-refractivity contribution in [2.24, 2.45) is 0 Å². The molecule has 0 atom stereocenters. The molecule has 1 N–H and O–H groups in total. The molecule has 0 radical (unpaired) electrons. The third-order valence-corrected chi connectivity index (χ3v) is 6.29. The first-order valence-corrected chi connectivity index (χ1v) is 12.5. The largest absolute Gasteiger partial charge is 0.489 e. The molecule has 0 bridgehead atoms. The minimum atomic E-state index is 0.554. The molecule has 8 heteroatoms. The van der Waals surface area contributed by atoms with Crippen molar-refractivity contribution in [1.82, 2.24) is 25.3 Å². The van der Waals surface area contributed by atoms with Crippen LogP contribution in [0, 0.1) is 0 Å². The fourth-order valence-corrected chi connectivity index (χ4v) is 4.26. The Hall–Kier alpha value is -3.75. The van der Waals surface area contributed by atoms with Gasteiger partial charge in [0, 0.05) is 50.2 Å². The molecule has 0 amide bonds. The summed E-state index contributed by atoms with van der Waals surface area (Å²) >= 11 is 0. The van der Waals surface area contributed by atoms with E-state index < -0.39 is 0 Å². The second kappa shape index (κ2) is 12.3. The van der Waals surface area contributed by atoms with E-state index in [1.165, 1.54) is 0 Å². The van der Waals surface area contributed by atoms with Gasteiger partial charge in [-0.15, -0.1) is 0 Å². The summed E-state index contributed by atoms with van der Waals surface area (Å²) < 4.78 is 11.4. The summed E-state index contributed by atoms with van der Waals surface area (Å²) in [6.45, 7) is 7.27. The molecular formula is C28H32N6O2. The molecular weight excluding hydrogens is 452 g/mol. The average Bonchev–Trinajstić information content (AvgIpc) is 3.42. The smallest absolute Gasteiger partial charge is 0.225 e. The van der Waals surface area contributed by atoms with Gasteiger partial charge in [-0.25, -0.2) is 9.97 Å². The second-order valence-electron chi connectivity index (χ2n) is 8.88. The fourth-order valence-electron chi connectivity index (χ4n) is 4.26. The maximum Gasteiger partial charge on any atom is 0.225 e. The Kier molecular flexibility index (Phi) is 8.18. The highest BCUT2D eigenvalue weighted by Crippen LogP contribution is 2.23. The van der Waals surface area contributed by atoms with E-state index in [2.05, 4.69) is 42.4 Å². The van der Waals surface area contributed by atoms with E-state index in [0.717, 1.165) is 80.0 Å². The van der Waals surface area contributed by atoms with Gasteiger partial charge in [-0.1, -0.05) is 35.5 Å². The predicted octanol–water partition coefficient (Wildman–Crippen LogP) is 4.01. The lowest BCUT2D eigenvalue weighted by Gasteiger charge is -2.34. The summed E-state index contributed by atoms with van der Waals surface area (Å²) in [7, 11) is 0. The predicted molar refractivity (Wildman–Crippen MR) is 140 cm³/mol. The Bertz CT molecular complexity index is 1180. The standard InChI is InChI=1S/C28H32N6O2/c1-2-6-23(7-3-1)22-35-25-10-8-24(9-11-25)27-20-26(36-32-27)21-29-12-5-15-33-16-18-34(19-17-33)28-30-13-4-14-31-28/h1-4,6-11,13-14,20,29H,5,12,15-19,21-22H2. The van der Waals surface area contributed by atoms with E-state index in [1.54, 1.807) is 12.4 Å². The summed E-state index contributed by atoms with van der Waals surface area (Å²) in [6, 6.07) is 22.0. The highest BCUT2D eigenvalue weighted by molar-refractivity contribution is 5.59. The van der Waals surface area contributed by atoms with Crippen LogP contribution in [0.25, 0.3) is 11.3 Å². The Balaban J connectivity index is 0.990. The van der Waals surface area contributed by atoms with Crippen LogP contribution in [0.2, 0.25) is 0 Å². The maximum atomic E-state index is 5.87. The van der Waals surface area contributed by atoms with Gasteiger partial charge in [-0.05, 0) is 55.4 Å². The van der Waals surface area contributed by atoms with Crippen LogP contribution in [0.4, 0.5) is 5.95 Å². The highest BCUT2D eigenvalue weighted by atomic mass is 16.5. The normalized spacial score (nSPS) is 14.2. The summed E-state index contributed by atoms with van der Waals surface area (Å²) in [5.41, 5.74) is 3.00. The summed E-state index contributed by atoms with van der Waals surface area (Å²) in [4.78, 5) is 13.5. The van der Waals surface area contributed by atoms with E-state index in [0.29, 0.717) is 13.2 Å². The molecule has 8 nitrogen and oxygen atoms in total. The average molecular weight is 485 g/mol. The van der Waals surface area contributed by atoms with Gasteiger partial charge in [0.25, 0.3) is 0 Å².